The van der Waals surface area contributed by atoms with Gasteiger partial charge in [-0.1, -0.05) is 32.0 Å². The molecule has 146 valence electrons. The lowest BCUT2D eigenvalue weighted by Crippen LogP contribution is -2.36. The smallest absolute Gasteiger partial charge is 0.255 e. The van der Waals surface area contributed by atoms with E-state index in [1.165, 1.54) is 11.1 Å². The number of nitrogens with one attached hydrogen (secondary N) is 1. The van der Waals surface area contributed by atoms with Crippen LogP contribution in [0.25, 0.3) is 5.69 Å². The molecule has 1 aliphatic rings. The van der Waals surface area contributed by atoms with Crippen LogP contribution in [0.4, 0.5) is 0 Å². The van der Waals surface area contributed by atoms with Crippen molar-refractivity contribution in [3.8, 4) is 5.69 Å². The Morgan fingerprint density at radius 2 is 2.00 bits per heavy atom. The summed E-state index contributed by atoms with van der Waals surface area (Å²) in [6.07, 6.45) is 2.76. The maximum absolute atomic E-state index is 12.5. The monoisotopic (exact) mass is 377 g/mol. The first-order valence-corrected chi connectivity index (χ1v) is 9.88. The summed E-state index contributed by atoms with van der Waals surface area (Å²) < 4.78 is 2.01. The van der Waals surface area contributed by atoms with E-state index in [1.54, 1.807) is 0 Å². The van der Waals surface area contributed by atoms with Crippen LogP contribution in [0.1, 0.15) is 53.7 Å². The van der Waals surface area contributed by atoms with Crippen molar-refractivity contribution in [2.45, 2.75) is 53.1 Å². The van der Waals surface area contributed by atoms with Crippen LogP contribution < -0.4 is 5.56 Å². The molecule has 0 fully saturated rings. The number of fused-ring (bicyclic) bond motifs is 1. The number of nitrogens with zero attached hydrogens (tertiary/aromatic N) is 4. The number of H-pyrrole nitrogens is 1. The molecular formula is C22H27N5O. The van der Waals surface area contributed by atoms with Crippen LogP contribution in [-0.4, -0.2) is 31.2 Å². The number of hydrogen-bond donors (Lipinski definition) is 1. The second-order valence-corrected chi connectivity index (χ2v) is 7.95. The largest absolute Gasteiger partial charge is 0.310 e. The third-order valence-corrected chi connectivity index (χ3v) is 5.56. The Balaban J connectivity index is 1.56. The van der Waals surface area contributed by atoms with Gasteiger partial charge in [0.1, 0.15) is 5.82 Å². The van der Waals surface area contributed by atoms with Gasteiger partial charge in [0.05, 0.1) is 23.1 Å². The molecule has 0 saturated carbocycles. The van der Waals surface area contributed by atoms with E-state index in [9.17, 15) is 4.79 Å². The third-order valence-electron chi connectivity index (χ3n) is 5.56. The number of aromatic nitrogens is 4. The molecule has 0 spiro atoms. The Labute approximate surface area is 165 Å². The van der Waals surface area contributed by atoms with Gasteiger partial charge in [-0.25, -0.2) is 9.67 Å². The molecule has 0 atom stereocenters. The van der Waals surface area contributed by atoms with Crippen molar-refractivity contribution >= 4 is 0 Å². The average Bonchev–Trinajstić information content (AvgIpc) is 3.02. The van der Waals surface area contributed by atoms with Crippen LogP contribution in [0.3, 0.4) is 0 Å². The Morgan fingerprint density at radius 1 is 1.21 bits per heavy atom. The van der Waals surface area contributed by atoms with Gasteiger partial charge in [0.2, 0.25) is 0 Å². The van der Waals surface area contributed by atoms with E-state index >= 15 is 0 Å². The molecular weight excluding hydrogens is 350 g/mol. The zero-order chi connectivity index (χ0) is 19.8. The normalized spacial score (nSPS) is 14.5. The summed E-state index contributed by atoms with van der Waals surface area (Å²) in [6.45, 7) is 10.6. The summed E-state index contributed by atoms with van der Waals surface area (Å²) in [5, 5.41) is 4.61. The van der Waals surface area contributed by atoms with Gasteiger partial charge in [-0.05, 0) is 25.5 Å². The van der Waals surface area contributed by atoms with Crippen LogP contribution in [0.2, 0.25) is 0 Å². The van der Waals surface area contributed by atoms with E-state index in [4.69, 9.17) is 0 Å². The summed E-state index contributed by atoms with van der Waals surface area (Å²) >= 11 is 0. The quantitative estimate of drug-likeness (QED) is 0.758. The summed E-state index contributed by atoms with van der Waals surface area (Å²) in [5.74, 6) is 1.01. The lowest BCUT2D eigenvalue weighted by atomic mass is 10.1. The molecule has 6 nitrogen and oxygen atoms in total. The third kappa shape index (κ3) is 3.40. The van der Waals surface area contributed by atoms with Gasteiger partial charge in [0.15, 0.2) is 0 Å². The van der Waals surface area contributed by atoms with E-state index in [0.29, 0.717) is 6.54 Å². The first kappa shape index (κ1) is 18.6. The van der Waals surface area contributed by atoms with Gasteiger partial charge in [-0.3, -0.25) is 9.69 Å². The predicted molar refractivity (Wildman–Crippen MR) is 110 cm³/mol. The minimum absolute atomic E-state index is 0.00530. The van der Waals surface area contributed by atoms with Crippen molar-refractivity contribution in [2.75, 3.05) is 6.54 Å². The fourth-order valence-corrected chi connectivity index (χ4v) is 3.79. The highest BCUT2D eigenvalue weighted by Gasteiger charge is 2.23. The van der Waals surface area contributed by atoms with E-state index in [2.05, 4.69) is 59.8 Å². The molecule has 4 rings (SSSR count). The molecule has 0 radical (unpaired) electrons. The molecule has 1 aromatic carbocycles. The molecule has 0 saturated heterocycles. The molecule has 28 heavy (non-hydrogen) atoms. The molecule has 3 aromatic rings. The van der Waals surface area contributed by atoms with Gasteiger partial charge in [0.25, 0.3) is 5.56 Å². The van der Waals surface area contributed by atoms with Crippen molar-refractivity contribution in [3.05, 3.63) is 74.7 Å². The molecule has 1 N–H and O–H groups in total. The number of aromatic amines is 1. The molecule has 0 aliphatic carbocycles. The van der Waals surface area contributed by atoms with Crippen LogP contribution in [0.5, 0.6) is 0 Å². The second kappa shape index (κ2) is 7.36. The van der Waals surface area contributed by atoms with E-state index in [-0.39, 0.29) is 11.5 Å². The number of aryl methyl sites for hydroxylation is 1. The standard InChI is InChI=1S/C22H27N5O/c1-14(2)21-24-19-9-10-26(13-18(19)22(28)25-21)12-17-11-23-27(16(17)4)20-8-6-5-7-15(20)3/h5-8,11,14H,9-10,12-13H2,1-4H3,(H,24,25,28). The van der Waals surface area contributed by atoms with Gasteiger partial charge >= 0.3 is 0 Å². The first-order valence-electron chi connectivity index (χ1n) is 9.88. The summed E-state index contributed by atoms with van der Waals surface area (Å²) in [4.78, 5) is 22.5. The summed E-state index contributed by atoms with van der Waals surface area (Å²) in [7, 11) is 0. The minimum atomic E-state index is 0.00530. The van der Waals surface area contributed by atoms with Gasteiger partial charge in [-0.2, -0.15) is 5.10 Å². The van der Waals surface area contributed by atoms with Gasteiger partial charge in [0, 0.05) is 43.2 Å². The predicted octanol–water partition coefficient (Wildman–Crippen LogP) is 3.25. The van der Waals surface area contributed by atoms with Crippen LogP contribution in [0, 0.1) is 13.8 Å². The fourth-order valence-electron chi connectivity index (χ4n) is 3.79. The highest BCUT2D eigenvalue weighted by molar-refractivity contribution is 5.41. The van der Waals surface area contributed by atoms with Gasteiger partial charge in [-0.15, -0.1) is 0 Å². The van der Waals surface area contributed by atoms with Crippen LogP contribution in [-0.2, 0) is 19.5 Å². The SMILES string of the molecule is Cc1ccccc1-n1ncc(CN2CCc3nc(C(C)C)[nH]c(=O)c3C2)c1C. The Hall–Kier alpha value is -2.73. The lowest BCUT2D eigenvalue weighted by molar-refractivity contribution is 0.241. The van der Waals surface area contributed by atoms with Crippen molar-refractivity contribution < 1.29 is 0 Å². The molecule has 2 aromatic heterocycles. The van der Waals surface area contributed by atoms with E-state index in [0.717, 1.165) is 48.0 Å². The maximum Gasteiger partial charge on any atom is 0.255 e. The molecule has 0 bridgehead atoms. The highest BCUT2D eigenvalue weighted by Crippen LogP contribution is 2.22. The highest BCUT2D eigenvalue weighted by atomic mass is 16.1. The Morgan fingerprint density at radius 3 is 2.75 bits per heavy atom. The van der Waals surface area contributed by atoms with Crippen LogP contribution in [0.15, 0.2) is 35.3 Å². The van der Waals surface area contributed by atoms with E-state index in [1.807, 2.05) is 23.0 Å². The fraction of sp³-hybridized carbons (Fsp3) is 0.409. The average molecular weight is 377 g/mol. The molecule has 1 aliphatic heterocycles. The number of rotatable bonds is 4. The van der Waals surface area contributed by atoms with Gasteiger partial charge < -0.3 is 4.98 Å². The number of para-hydroxylation sites is 1. The zero-order valence-corrected chi connectivity index (χ0v) is 17.0. The minimum Gasteiger partial charge on any atom is -0.310 e. The van der Waals surface area contributed by atoms with E-state index < -0.39 is 0 Å². The Kier molecular flexibility index (Phi) is 4.89. The number of benzene rings is 1. The van der Waals surface area contributed by atoms with Crippen LogP contribution >= 0.6 is 0 Å². The zero-order valence-electron chi connectivity index (χ0n) is 17.0. The lowest BCUT2D eigenvalue weighted by Gasteiger charge is -2.27. The molecule has 6 heteroatoms. The van der Waals surface area contributed by atoms with Crippen molar-refractivity contribution in [2.24, 2.45) is 0 Å². The molecule has 0 amide bonds. The maximum atomic E-state index is 12.5. The number of hydrogen-bond acceptors (Lipinski definition) is 4. The molecule has 3 heterocycles. The van der Waals surface area contributed by atoms with Crippen molar-refractivity contribution in [1.82, 2.24) is 24.6 Å². The summed E-state index contributed by atoms with van der Waals surface area (Å²) in [5.41, 5.74) is 6.40. The van der Waals surface area contributed by atoms with Crippen molar-refractivity contribution in [1.29, 1.82) is 0 Å². The second-order valence-electron chi connectivity index (χ2n) is 7.95. The Bertz CT molecular complexity index is 1060. The van der Waals surface area contributed by atoms with Crippen molar-refractivity contribution in [3.63, 3.8) is 0 Å². The first-order chi connectivity index (χ1) is 13.4. The molecule has 0 unspecified atom stereocenters. The topological polar surface area (TPSA) is 66.8 Å². The summed E-state index contributed by atoms with van der Waals surface area (Å²) in [6, 6.07) is 8.27.